The second-order valence-electron chi connectivity index (χ2n) is 5.53. The van der Waals surface area contributed by atoms with Gasteiger partial charge in [-0.2, -0.15) is 0 Å². The van der Waals surface area contributed by atoms with Crippen molar-refractivity contribution in [1.82, 2.24) is 15.1 Å². The van der Waals surface area contributed by atoms with Crippen molar-refractivity contribution in [2.24, 2.45) is 5.92 Å². The van der Waals surface area contributed by atoms with Crippen LogP contribution in [0, 0.1) is 5.92 Å². The van der Waals surface area contributed by atoms with E-state index in [1.54, 1.807) is 0 Å². The summed E-state index contributed by atoms with van der Waals surface area (Å²) in [5.41, 5.74) is 0. The van der Waals surface area contributed by atoms with E-state index in [9.17, 15) is 4.79 Å². The second-order valence-corrected chi connectivity index (χ2v) is 6.56. The van der Waals surface area contributed by atoms with E-state index in [1.165, 1.54) is 19.4 Å². The van der Waals surface area contributed by atoms with E-state index in [0.29, 0.717) is 5.91 Å². The molecule has 110 valence electrons. The topological polar surface area (TPSA) is 35.6 Å². The molecule has 2 aliphatic rings. The maximum atomic E-state index is 12.3. The number of piperidine rings is 1. The van der Waals surface area contributed by atoms with E-state index in [0.717, 1.165) is 43.7 Å². The molecule has 2 aliphatic heterocycles. The maximum absolute atomic E-state index is 12.3. The first-order valence-electron chi connectivity index (χ1n) is 7.56. The summed E-state index contributed by atoms with van der Waals surface area (Å²) >= 11 is 1.82. The fourth-order valence-electron chi connectivity index (χ4n) is 2.96. The summed E-state index contributed by atoms with van der Waals surface area (Å²) < 4.78 is 0. The summed E-state index contributed by atoms with van der Waals surface area (Å²) in [4.78, 5) is 16.9. The van der Waals surface area contributed by atoms with Gasteiger partial charge in [0.05, 0.1) is 6.04 Å². The fraction of sp³-hybridized carbons (Fsp3) is 0.929. The minimum absolute atomic E-state index is 0.0735. The van der Waals surface area contributed by atoms with Crippen LogP contribution in [0.25, 0.3) is 0 Å². The van der Waals surface area contributed by atoms with Crippen LogP contribution >= 0.6 is 11.8 Å². The summed E-state index contributed by atoms with van der Waals surface area (Å²) in [6.45, 7) is 9.84. The second kappa shape index (κ2) is 7.50. The van der Waals surface area contributed by atoms with Crippen molar-refractivity contribution in [3.8, 4) is 0 Å². The zero-order chi connectivity index (χ0) is 13.7. The Morgan fingerprint density at radius 2 is 2.00 bits per heavy atom. The van der Waals surface area contributed by atoms with Crippen LogP contribution in [-0.2, 0) is 4.79 Å². The van der Waals surface area contributed by atoms with Gasteiger partial charge in [-0.1, -0.05) is 13.8 Å². The summed E-state index contributed by atoms with van der Waals surface area (Å²) in [5, 5.41) is 3.28. The van der Waals surface area contributed by atoms with Gasteiger partial charge in [0.1, 0.15) is 0 Å². The summed E-state index contributed by atoms with van der Waals surface area (Å²) in [7, 11) is 0. The van der Waals surface area contributed by atoms with Crippen LogP contribution in [0.1, 0.15) is 26.7 Å². The molecular weight excluding hydrogens is 258 g/mol. The molecule has 1 atom stereocenters. The SMILES string of the molecule is CCN(CC)CC1CCN(C(=O)C2CSCN2)CC1. The highest BCUT2D eigenvalue weighted by Crippen LogP contribution is 2.20. The Morgan fingerprint density at radius 1 is 1.32 bits per heavy atom. The highest BCUT2D eigenvalue weighted by Gasteiger charge is 2.30. The molecule has 5 heteroatoms. The number of hydrogen-bond acceptors (Lipinski definition) is 4. The van der Waals surface area contributed by atoms with Crippen LogP contribution in [0.2, 0.25) is 0 Å². The molecule has 0 aromatic rings. The third kappa shape index (κ3) is 4.10. The zero-order valence-corrected chi connectivity index (χ0v) is 13.0. The molecule has 2 rings (SSSR count). The van der Waals surface area contributed by atoms with Crippen molar-refractivity contribution in [3.63, 3.8) is 0 Å². The van der Waals surface area contributed by atoms with Crippen molar-refractivity contribution in [2.75, 3.05) is 44.4 Å². The first-order valence-corrected chi connectivity index (χ1v) is 8.72. The number of nitrogens with zero attached hydrogens (tertiary/aromatic N) is 2. The van der Waals surface area contributed by atoms with E-state index < -0.39 is 0 Å². The zero-order valence-electron chi connectivity index (χ0n) is 12.2. The molecule has 1 amide bonds. The molecule has 2 saturated heterocycles. The van der Waals surface area contributed by atoms with Crippen LogP contribution in [0.15, 0.2) is 0 Å². The molecule has 0 aromatic heterocycles. The molecule has 2 fully saturated rings. The molecule has 0 bridgehead atoms. The number of thioether (sulfide) groups is 1. The van der Waals surface area contributed by atoms with E-state index in [4.69, 9.17) is 0 Å². The molecule has 19 heavy (non-hydrogen) atoms. The van der Waals surface area contributed by atoms with Gasteiger partial charge in [0.15, 0.2) is 0 Å². The van der Waals surface area contributed by atoms with Crippen LogP contribution in [0.4, 0.5) is 0 Å². The van der Waals surface area contributed by atoms with E-state index in [1.807, 2.05) is 11.8 Å². The largest absolute Gasteiger partial charge is 0.341 e. The predicted molar refractivity (Wildman–Crippen MR) is 81.3 cm³/mol. The monoisotopic (exact) mass is 285 g/mol. The third-order valence-corrected chi connectivity index (χ3v) is 5.29. The van der Waals surface area contributed by atoms with Crippen molar-refractivity contribution < 1.29 is 4.79 Å². The van der Waals surface area contributed by atoms with Gasteiger partial charge >= 0.3 is 0 Å². The standard InChI is InChI=1S/C14H27N3OS/c1-3-16(4-2)9-12-5-7-17(8-6-12)14(18)13-10-19-11-15-13/h12-13,15H,3-11H2,1-2H3. The van der Waals surface area contributed by atoms with Crippen LogP contribution in [0.3, 0.4) is 0 Å². The van der Waals surface area contributed by atoms with Crippen molar-refractivity contribution in [1.29, 1.82) is 0 Å². The molecular formula is C14H27N3OS. The molecule has 0 aliphatic carbocycles. The van der Waals surface area contributed by atoms with Gasteiger partial charge in [0.2, 0.25) is 5.91 Å². The summed E-state index contributed by atoms with van der Waals surface area (Å²) in [5.74, 6) is 2.97. The number of rotatable bonds is 5. The highest BCUT2D eigenvalue weighted by atomic mass is 32.2. The van der Waals surface area contributed by atoms with Crippen LogP contribution in [0.5, 0.6) is 0 Å². The molecule has 1 unspecified atom stereocenters. The number of amides is 1. The van der Waals surface area contributed by atoms with Crippen LogP contribution < -0.4 is 5.32 Å². The normalized spacial score (nSPS) is 25.2. The number of carbonyl (C=O) groups is 1. The molecule has 1 N–H and O–H groups in total. The smallest absolute Gasteiger partial charge is 0.240 e. The number of hydrogen-bond donors (Lipinski definition) is 1. The quantitative estimate of drug-likeness (QED) is 0.824. The molecule has 0 radical (unpaired) electrons. The first-order chi connectivity index (χ1) is 9.24. The lowest BCUT2D eigenvalue weighted by Crippen LogP contribution is -2.48. The fourth-order valence-corrected chi connectivity index (χ4v) is 3.89. The number of carbonyl (C=O) groups excluding carboxylic acids is 1. The first kappa shape index (κ1) is 15.1. The van der Waals surface area contributed by atoms with E-state index >= 15 is 0 Å². The average Bonchev–Trinajstić information content (AvgIpc) is 2.99. The van der Waals surface area contributed by atoms with Gasteiger partial charge in [-0.05, 0) is 31.8 Å². The minimum Gasteiger partial charge on any atom is -0.341 e. The third-order valence-electron chi connectivity index (χ3n) is 4.35. The Labute approximate surface area is 121 Å². The number of nitrogens with one attached hydrogen (secondary N) is 1. The van der Waals surface area contributed by atoms with E-state index in [-0.39, 0.29) is 6.04 Å². The van der Waals surface area contributed by atoms with Crippen molar-refractivity contribution in [2.45, 2.75) is 32.7 Å². The van der Waals surface area contributed by atoms with Crippen molar-refractivity contribution >= 4 is 17.7 Å². The Kier molecular flexibility index (Phi) is 5.98. The molecule has 0 aromatic carbocycles. The van der Waals surface area contributed by atoms with Gasteiger partial charge in [0, 0.05) is 31.3 Å². The molecule has 4 nitrogen and oxygen atoms in total. The summed E-state index contributed by atoms with van der Waals surface area (Å²) in [6.07, 6.45) is 2.34. The van der Waals surface area contributed by atoms with E-state index in [2.05, 4.69) is 29.0 Å². The highest BCUT2D eigenvalue weighted by molar-refractivity contribution is 7.99. The molecule has 2 heterocycles. The Hall–Kier alpha value is -0.260. The minimum atomic E-state index is 0.0735. The van der Waals surface area contributed by atoms with Gasteiger partial charge in [0.25, 0.3) is 0 Å². The molecule has 0 spiro atoms. The maximum Gasteiger partial charge on any atom is 0.240 e. The Morgan fingerprint density at radius 3 is 2.53 bits per heavy atom. The lowest BCUT2D eigenvalue weighted by atomic mass is 9.95. The van der Waals surface area contributed by atoms with Gasteiger partial charge in [-0.15, -0.1) is 11.8 Å². The molecule has 0 saturated carbocycles. The number of likely N-dealkylation sites (tertiary alicyclic amines) is 1. The Balaban J connectivity index is 1.74. The van der Waals surface area contributed by atoms with Gasteiger partial charge < -0.3 is 9.80 Å². The average molecular weight is 285 g/mol. The van der Waals surface area contributed by atoms with Crippen molar-refractivity contribution in [3.05, 3.63) is 0 Å². The Bertz CT molecular complexity index is 282. The predicted octanol–water partition coefficient (Wildman–Crippen LogP) is 1.23. The summed E-state index contributed by atoms with van der Waals surface area (Å²) in [6, 6.07) is 0.0735. The van der Waals surface area contributed by atoms with Crippen LogP contribution in [-0.4, -0.2) is 66.1 Å². The lowest BCUT2D eigenvalue weighted by Gasteiger charge is -2.35. The van der Waals surface area contributed by atoms with Gasteiger partial charge in [-0.3, -0.25) is 10.1 Å². The van der Waals surface area contributed by atoms with Gasteiger partial charge in [-0.25, -0.2) is 0 Å². The lowest BCUT2D eigenvalue weighted by molar-refractivity contribution is -0.134.